The highest BCUT2D eigenvalue weighted by Gasteiger charge is 2.15. The van der Waals surface area contributed by atoms with Crippen molar-refractivity contribution in [1.29, 1.82) is 0 Å². The summed E-state index contributed by atoms with van der Waals surface area (Å²) < 4.78 is 1.74. The topological polar surface area (TPSA) is 64.0 Å². The van der Waals surface area contributed by atoms with Crippen molar-refractivity contribution in [3.05, 3.63) is 77.1 Å². The minimum absolute atomic E-state index is 0.00639. The molecule has 1 amide bonds. The maximum Gasteiger partial charge on any atom is 0.259 e. The van der Waals surface area contributed by atoms with Crippen LogP contribution in [-0.4, -0.2) is 21.5 Å². The van der Waals surface area contributed by atoms with Crippen LogP contribution in [0.3, 0.4) is 0 Å². The second-order valence-electron chi connectivity index (χ2n) is 5.98. The Hall–Kier alpha value is -3.21. The van der Waals surface area contributed by atoms with Gasteiger partial charge in [0.1, 0.15) is 0 Å². The van der Waals surface area contributed by atoms with Gasteiger partial charge in [0.05, 0.1) is 23.1 Å². The summed E-state index contributed by atoms with van der Waals surface area (Å²) in [4.78, 5) is 23.8. The highest BCUT2D eigenvalue weighted by molar-refractivity contribution is 6.05. The molecule has 0 unspecified atom stereocenters. The lowest BCUT2D eigenvalue weighted by Gasteiger charge is -2.07. The number of benzene rings is 2. The Labute approximate surface area is 146 Å². The Bertz CT molecular complexity index is 923. The van der Waals surface area contributed by atoms with Gasteiger partial charge in [0.25, 0.3) is 5.91 Å². The third-order valence-corrected chi connectivity index (χ3v) is 4.08. The van der Waals surface area contributed by atoms with Crippen LogP contribution in [0.4, 0.5) is 5.69 Å². The van der Waals surface area contributed by atoms with Crippen molar-refractivity contribution in [2.24, 2.45) is 0 Å². The maximum absolute atomic E-state index is 12.5. The second-order valence-corrected chi connectivity index (χ2v) is 5.98. The lowest BCUT2D eigenvalue weighted by Crippen LogP contribution is -2.13. The molecule has 0 saturated heterocycles. The lowest BCUT2D eigenvalue weighted by molar-refractivity contribution is 0.101. The smallest absolute Gasteiger partial charge is 0.259 e. The van der Waals surface area contributed by atoms with E-state index in [-0.39, 0.29) is 11.7 Å². The van der Waals surface area contributed by atoms with Crippen molar-refractivity contribution in [1.82, 2.24) is 9.78 Å². The summed E-state index contributed by atoms with van der Waals surface area (Å²) in [6.07, 6.45) is 1.56. The van der Waals surface area contributed by atoms with E-state index in [2.05, 4.69) is 10.4 Å². The number of anilines is 1. The van der Waals surface area contributed by atoms with Crippen molar-refractivity contribution in [2.75, 3.05) is 5.32 Å². The summed E-state index contributed by atoms with van der Waals surface area (Å²) in [5.74, 6) is -0.237. The van der Waals surface area contributed by atoms with E-state index in [0.29, 0.717) is 16.8 Å². The summed E-state index contributed by atoms with van der Waals surface area (Å²) in [6.45, 7) is 5.40. The van der Waals surface area contributed by atoms with Gasteiger partial charge in [-0.1, -0.05) is 17.7 Å². The highest BCUT2D eigenvalue weighted by Crippen LogP contribution is 2.17. The first-order valence-corrected chi connectivity index (χ1v) is 8.00. The molecule has 0 bridgehead atoms. The normalized spacial score (nSPS) is 10.5. The summed E-state index contributed by atoms with van der Waals surface area (Å²) in [7, 11) is 0. The van der Waals surface area contributed by atoms with Crippen molar-refractivity contribution in [2.45, 2.75) is 20.8 Å². The molecule has 0 aliphatic carbocycles. The van der Waals surface area contributed by atoms with Gasteiger partial charge >= 0.3 is 0 Å². The van der Waals surface area contributed by atoms with Crippen LogP contribution in [-0.2, 0) is 0 Å². The van der Waals surface area contributed by atoms with Gasteiger partial charge in [0.15, 0.2) is 5.78 Å². The first kappa shape index (κ1) is 16.6. The average molecular weight is 333 g/mol. The van der Waals surface area contributed by atoms with Gasteiger partial charge < -0.3 is 5.32 Å². The number of amides is 1. The monoisotopic (exact) mass is 333 g/mol. The third kappa shape index (κ3) is 3.50. The van der Waals surface area contributed by atoms with Crippen LogP contribution >= 0.6 is 0 Å². The van der Waals surface area contributed by atoms with Crippen LogP contribution in [0.15, 0.2) is 54.7 Å². The van der Waals surface area contributed by atoms with Crippen LogP contribution < -0.4 is 5.32 Å². The number of carbonyl (C=O) groups is 2. The van der Waals surface area contributed by atoms with E-state index in [0.717, 1.165) is 11.4 Å². The van der Waals surface area contributed by atoms with Gasteiger partial charge in [-0.2, -0.15) is 5.10 Å². The fourth-order valence-electron chi connectivity index (χ4n) is 2.57. The van der Waals surface area contributed by atoms with E-state index in [1.165, 1.54) is 12.5 Å². The summed E-state index contributed by atoms with van der Waals surface area (Å²) >= 11 is 0. The number of ketones is 1. The van der Waals surface area contributed by atoms with Crippen molar-refractivity contribution >= 4 is 17.4 Å². The zero-order valence-corrected chi connectivity index (χ0v) is 14.4. The van der Waals surface area contributed by atoms with Crippen molar-refractivity contribution in [3.8, 4) is 5.69 Å². The third-order valence-electron chi connectivity index (χ3n) is 4.08. The van der Waals surface area contributed by atoms with Crippen LogP contribution in [0, 0.1) is 13.8 Å². The quantitative estimate of drug-likeness (QED) is 0.735. The van der Waals surface area contributed by atoms with Gasteiger partial charge in [-0.25, -0.2) is 4.68 Å². The molecule has 1 aromatic heterocycles. The number of nitrogens with zero attached hydrogens (tertiary/aromatic N) is 2. The molecule has 0 saturated carbocycles. The molecule has 0 radical (unpaired) electrons. The first-order chi connectivity index (χ1) is 12.0. The fourth-order valence-corrected chi connectivity index (χ4v) is 2.57. The molecule has 25 heavy (non-hydrogen) atoms. The molecule has 2 aromatic carbocycles. The van der Waals surface area contributed by atoms with E-state index >= 15 is 0 Å². The number of hydrogen-bond acceptors (Lipinski definition) is 3. The maximum atomic E-state index is 12.5. The van der Waals surface area contributed by atoms with Crippen molar-refractivity contribution < 1.29 is 9.59 Å². The van der Waals surface area contributed by atoms with E-state index < -0.39 is 0 Å². The Morgan fingerprint density at radius 1 is 0.960 bits per heavy atom. The molecule has 1 N–H and O–H groups in total. The Morgan fingerprint density at radius 2 is 1.60 bits per heavy atom. The molecule has 0 aliphatic rings. The number of rotatable bonds is 4. The largest absolute Gasteiger partial charge is 0.322 e. The van der Waals surface area contributed by atoms with Crippen molar-refractivity contribution in [3.63, 3.8) is 0 Å². The Balaban J connectivity index is 1.81. The Morgan fingerprint density at radius 3 is 2.20 bits per heavy atom. The van der Waals surface area contributed by atoms with Crippen LogP contribution in [0.2, 0.25) is 0 Å². The standard InChI is InChI=1S/C20H19N3O2/c1-13-4-10-18(11-5-13)23-14(2)19(12-21-23)20(25)22-17-8-6-16(7-9-17)15(3)24/h4-12H,1-3H3,(H,22,25). The SMILES string of the molecule is CC(=O)c1ccc(NC(=O)c2cnn(-c3ccc(C)cc3)c2C)cc1. The molecule has 0 fully saturated rings. The first-order valence-electron chi connectivity index (χ1n) is 8.00. The minimum Gasteiger partial charge on any atom is -0.322 e. The number of carbonyl (C=O) groups excluding carboxylic acids is 2. The number of aromatic nitrogens is 2. The number of hydrogen-bond donors (Lipinski definition) is 1. The van der Waals surface area contributed by atoms with E-state index in [9.17, 15) is 9.59 Å². The predicted octanol–water partition coefficient (Wildman–Crippen LogP) is 3.94. The predicted molar refractivity (Wildman–Crippen MR) is 97.4 cm³/mol. The zero-order chi connectivity index (χ0) is 18.0. The molecule has 0 aliphatic heterocycles. The fraction of sp³-hybridized carbons (Fsp3) is 0.150. The van der Waals surface area contributed by atoms with Crippen LogP contribution in [0.5, 0.6) is 0 Å². The van der Waals surface area contributed by atoms with E-state index in [1.807, 2.05) is 38.1 Å². The summed E-state index contributed by atoms with van der Waals surface area (Å²) in [6, 6.07) is 14.8. The molecule has 126 valence electrons. The minimum atomic E-state index is -0.230. The van der Waals surface area contributed by atoms with Gasteiger partial charge in [0, 0.05) is 11.3 Å². The molecular formula is C20H19N3O2. The van der Waals surface area contributed by atoms with E-state index in [4.69, 9.17) is 0 Å². The number of Topliss-reactive ketones (excluding diaryl/α,β-unsaturated/α-hetero) is 1. The molecule has 5 heteroatoms. The molecule has 3 rings (SSSR count). The molecule has 0 spiro atoms. The number of aryl methyl sites for hydroxylation is 1. The molecule has 5 nitrogen and oxygen atoms in total. The van der Waals surface area contributed by atoms with Gasteiger partial charge in [-0.05, 0) is 57.2 Å². The zero-order valence-electron chi connectivity index (χ0n) is 14.4. The summed E-state index contributed by atoms with van der Waals surface area (Å²) in [5, 5.41) is 7.16. The molecule has 1 heterocycles. The molecular weight excluding hydrogens is 314 g/mol. The van der Waals surface area contributed by atoms with Crippen LogP contribution in [0.1, 0.15) is 38.9 Å². The second kappa shape index (κ2) is 6.73. The van der Waals surface area contributed by atoms with Gasteiger partial charge in [-0.15, -0.1) is 0 Å². The molecule has 0 atom stereocenters. The molecule has 3 aromatic rings. The number of nitrogens with one attached hydrogen (secondary N) is 1. The summed E-state index contributed by atoms with van der Waals surface area (Å²) in [5.41, 5.74) is 4.60. The Kier molecular flexibility index (Phi) is 4.48. The van der Waals surface area contributed by atoms with E-state index in [1.54, 1.807) is 35.1 Å². The highest BCUT2D eigenvalue weighted by atomic mass is 16.1. The van der Waals surface area contributed by atoms with Crippen LogP contribution in [0.25, 0.3) is 5.69 Å². The average Bonchev–Trinajstić information content (AvgIpc) is 2.98. The lowest BCUT2D eigenvalue weighted by atomic mass is 10.1. The van der Waals surface area contributed by atoms with Gasteiger partial charge in [-0.3, -0.25) is 9.59 Å². The van der Waals surface area contributed by atoms with Gasteiger partial charge in [0.2, 0.25) is 0 Å².